The molecular formula is C20H18F4O5S2. The molecule has 1 aliphatic carbocycles. The average molecular weight is 478 g/mol. The van der Waals surface area contributed by atoms with Gasteiger partial charge in [0.15, 0.2) is 15.6 Å². The molecule has 0 saturated heterocycles. The van der Waals surface area contributed by atoms with Crippen LogP contribution in [0.1, 0.15) is 57.0 Å². The van der Waals surface area contributed by atoms with Crippen LogP contribution in [0.15, 0.2) is 22.4 Å². The first-order valence-corrected chi connectivity index (χ1v) is 11.7. The monoisotopic (exact) mass is 478 g/mol. The van der Waals surface area contributed by atoms with E-state index in [-0.39, 0.29) is 38.6 Å². The number of ether oxygens (including phenoxy) is 1. The minimum Gasteiger partial charge on any atom is -0.457 e. The summed E-state index contributed by atoms with van der Waals surface area (Å²) in [5.74, 6) is -2.55. The Morgan fingerprint density at radius 2 is 1.87 bits per heavy atom. The highest BCUT2D eigenvalue weighted by Crippen LogP contribution is 2.43. The van der Waals surface area contributed by atoms with E-state index in [1.165, 1.54) is 0 Å². The number of sulfone groups is 1. The standard InChI is InChI=1S/C20H18F4O5S2/c1-19(2)7-12-15(14(25)8-19)18(31(3,27)28)30-16(12)17(26)29-9-10-4-5-11(6-13(10)21)20(22,23)24/h4-6H,7-9H2,1-3H3. The second-order valence-electron chi connectivity index (χ2n) is 8.17. The highest BCUT2D eigenvalue weighted by Gasteiger charge is 2.40. The molecule has 3 rings (SSSR count). The van der Waals surface area contributed by atoms with E-state index in [1.807, 2.05) is 0 Å². The van der Waals surface area contributed by atoms with Gasteiger partial charge >= 0.3 is 12.1 Å². The number of hydrogen-bond donors (Lipinski definition) is 0. The molecule has 31 heavy (non-hydrogen) atoms. The molecule has 11 heteroatoms. The summed E-state index contributed by atoms with van der Waals surface area (Å²) < 4.78 is 81.1. The summed E-state index contributed by atoms with van der Waals surface area (Å²) >= 11 is 0.614. The molecule has 168 valence electrons. The van der Waals surface area contributed by atoms with Gasteiger partial charge in [0.05, 0.1) is 11.1 Å². The molecule has 0 radical (unpaired) electrons. The number of thiophene rings is 1. The van der Waals surface area contributed by atoms with Crippen molar-refractivity contribution in [2.24, 2.45) is 5.41 Å². The number of Topliss-reactive ketones (excluding diaryl/α,β-unsaturated/α-hetero) is 1. The molecule has 1 heterocycles. The number of rotatable bonds is 4. The molecule has 0 amide bonds. The van der Waals surface area contributed by atoms with Crippen molar-refractivity contribution in [1.82, 2.24) is 0 Å². The van der Waals surface area contributed by atoms with Gasteiger partial charge < -0.3 is 4.74 Å². The molecule has 0 N–H and O–H groups in total. The normalized spacial score (nSPS) is 16.2. The Morgan fingerprint density at radius 1 is 1.23 bits per heavy atom. The molecule has 0 bridgehead atoms. The van der Waals surface area contributed by atoms with Gasteiger partial charge in [-0.05, 0) is 29.5 Å². The number of alkyl halides is 3. The number of hydrogen-bond acceptors (Lipinski definition) is 6. The van der Waals surface area contributed by atoms with Gasteiger partial charge in [0.2, 0.25) is 0 Å². The smallest absolute Gasteiger partial charge is 0.416 e. The summed E-state index contributed by atoms with van der Waals surface area (Å²) in [6.45, 7) is 2.96. The van der Waals surface area contributed by atoms with Crippen LogP contribution in [0.25, 0.3) is 0 Å². The first-order valence-electron chi connectivity index (χ1n) is 9.02. The zero-order valence-electron chi connectivity index (χ0n) is 16.7. The Kier molecular flexibility index (Phi) is 5.81. The third-order valence-corrected chi connectivity index (χ3v) is 7.85. The van der Waals surface area contributed by atoms with Crippen LogP contribution in [0, 0.1) is 11.2 Å². The maximum Gasteiger partial charge on any atom is 0.416 e. The number of esters is 1. The molecule has 1 aromatic heterocycles. The van der Waals surface area contributed by atoms with Crippen LogP contribution in [0.4, 0.5) is 17.6 Å². The van der Waals surface area contributed by atoms with E-state index in [9.17, 15) is 35.6 Å². The van der Waals surface area contributed by atoms with Crippen LogP contribution in [0.2, 0.25) is 0 Å². The fourth-order valence-electron chi connectivity index (χ4n) is 3.43. The molecule has 0 fully saturated rings. The lowest BCUT2D eigenvalue weighted by molar-refractivity contribution is -0.137. The summed E-state index contributed by atoms with van der Waals surface area (Å²) in [5, 5.41) is 0. The molecule has 0 spiro atoms. The number of benzene rings is 1. The molecule has 5 nitrogen and oxygen atoms in total. The number of fused-ring (bicyclic) bond motifs is 1. The molecule has 1 aromatic carbocycles. The number of ketones is 1. The van der Waals surface area contributed by atoms with Gasteiger partial charge in [0, 0.05) is 18.2 Å². The van der Waals surface area contributed by atoms with Gasteiger partial charge in [-0.1, -0.05) is 19.9 Å². The lowest BCUT2D eigenvalue weighted by atomic mass is 9.74. The zero-order valence-corrected chi connectivity index (χ0v) is 18.4. The van der Waals surface area contributed by atoms with E-state index >= 15 is 0 Å². The Morgan fingerprint density at radius 3 is 2.42 bits per heavy atom. The van der Waals surface area contributed by atoms with Gasteiger partial charge in [0.1, 0.15) is 21.5 Å². The molecule has 0 saturated carbocycles. The fourth-order valence-corrected chi connectivity index (χ4v) is 5.86. The minimum atomic E-state index is -4.71. The topological polar surface area (TPSA) is 77.5 Å². The highest BCUT2D eigenvalue weighted by molar-refractivity contribution is 7.92. The van der Waals surface area contributed by atoms with Gasteiger partial charge in [-0.25, -0.2) is 17.6 Å². The lowest BCUT2D eigenvalue weighted by Gasteiger charge is -2.29. The Hall–Kier alpha value is -2.27. The maximum atomic E-state index is 14.0. The average Bonchev–Trinajstić information content (AvgIpc) is 2.98. The van der Waals surface area contributed by atoms with E-state index in [2.05, 4.69) is 0 Å². The predicted molar refractivity (Wildman–Crippen MR) is 104 cm³/mol. The maximum absolute atomic E-state index is 14.0. The van der Waals surface area contributed by atoms with Crippen molar-refractivity contribution in [3.63, 3.8) is 0 Å². The number of halogens is 4. The van der Waals surface area contributed by atoms with Crippen LogP contribution in [0.3, 0.4) is 0 Å². The Balaban J connectivity index is 1.92. The third-order valence-electron chi connectivity index (χ3n) is 4.81. The van der Waals surface area contributed by atoms with Gasteiger partial charge in [-0.2, -0.15) is 13.2 Å². The summed E-state index contributed by atoms with van der Waals surface area (Å²) in [6.07, 6.45) is -3.41. The quantitative estimate of drug-likeness (QED) is 0.465. The minimum absolute atomic E-state index is 0.0144. The van der Waals surface area contributed by atoms with Crippen LogP contribution >= 0.6 is 11.3 Å². The van der Waals surface area contributed by atoms with E-state index in [0.29, 0.717) is 23.5 Å². The summed E-state index contributed by atoms with van der Waals surface area (Å²) in [4.78, 5) is 25.2. The molecule has 0 atom stereocenters. The first-order chi connectivity index (χ1) is 14.1. The molecule has 0 unspecified atom stereocenters. The van der Waals surface area contributed by atoms with Crippen molar-refractivity contribution in [1.29, 1.82) is 0 Å². The Labute approximate surface area is 179 Å². The zero-order chi connectivity index (χ0) is 23.4. The van der Waals surface area contributed by atoms with E-state index < -0.39 is 51.2 Å². The van der Waals surface area contributed by atoms with Crippen molar-refractivity contribution in [3.05, 3.63) is 51.1 Å². The van der Waals surface area contributed by atoms with Gasteiger partial charge in [-0.15, -0.1) is 11.3 Å². The van der Waals surface area contributed by atoms with Crippen molar-refractivity contribution in [2.45, 2.75) is 43.7 Å². The highest BCUT2D eigenvalue weighted by atomic mass is 32.2. The summed E-state index contributed by atoms with van der Waals surface area (Å²) in [7, 11) is -3.80. The van der Waals surface area contributed by atoms with Gasteiger partial charge in [-0.3, -0.25) is 4.79 Å². The predicted octanol–water partition coefficient (Wildman–Crippen LogP) is 4.82. The SMILES string of the molecule is CC1(C)CC(=O)c2c(S(C)(=O)=O)sc(C(=O)OCc3ccc(C(F)(F)F)cc3F)c2C1. The van der Waals surface area contributed by atoms with Crippen LogP contribution < -0.4 is 0 Å². The number of carbonyl (C=O) groups excluding carboxylic acids is 2. The van der Waals surface area contributed by atoms with Crippen LogP contribution in [-0.2, 0) is 33.8 Å². The van der Waals surface area contributed by atoms with Crippen molar-refractivity contribution in [2.75, 3.05) is 6.26 Å². The van der Waals surface area contributed by atoms with Crippen molar-refractivity contribution < 1.29 is 40.3 Å². The van der Waals surface area contributed by atoms with Crippen LogP contribution in [0.5, 0.6) is 0 Å². The van der Waals surface area contributed by atoms with E-state index in [0.717, 1.165) is 12.3 Å². The molecule has 2 aromatic rings. The number of carbonyl (C=O) groups is 2. The largest absolute Gasteiger partial charge is 0.457 e. The summed E-state index contributed by atoms with van der Waals surface area (Å²) in [6, 6.07) is 1.84. The molecule has 1 aliphatic rings. The molecular weight excluding hydrogens is 460 g/mol. The first kappa shape index (κ1) is 23.4. The third kappa shape index (κ3) is 4.82. The van der Waals surface area contributed by atoms with E-state index in [1.54, 1.807) is 13.8 Å². The van der Waals surface area contributed by atoms with Crippen LogP contribution in [-0.4, -0.2) is 26.4 Å². The van der Waals surface area contributed by atoms with Crippen molar-refractivity contribution in [3.8, 4) is 0 Å². The Bertz CT molecular complexity index is 1180. The second-order valence-corrected chi connectivity index (χ2v) is 11.4. The fraction of sp³-hybridized carbons (Fsp3) is 0.400. The second kappa shape index (κ2) is 7.70. The van der Waals surface area contributed by atoms with Gasteiger partial charge in [0.25, 0.3) is 0 Å². The summed E-state index contributed by atoms with van der Waals surface area (Å²) in [5.41, 5.74) is -1.70. The van der Waals surface area contributed by atoms with Crippen molar-refractivity contribution >= 4 is 32.9 Å². The lowest BCUT2D eigenvalue weighted by Crippen LogP contribution is -2.28. The molecule has 0 aliphatic heterocycles. The van der Waals surface area contributed by atoms with E-state index in [4.69, 9.17) is 4.74 Å².